The molecular weight excluding hydrogens is 214 g/mol. The van der Waals surface area contributed by atoms with Gasteiger partial charge in [-0.05, 0) is 25.7 Å². The fraction of sp³-hybridized carbons (Fsp3) is 1.00. The summed E-state index contributed by atoms with van der Waals surface area (Å²) in [6.45, 7) is 5.47. The van der Waals surface area contributed by atoms with Crippen LogP contribution in [0.4, 0.5) is 0 Å². The first-order valence-corrected chi connectivity index (χ1v) is 7.14. The summed E-state index contributed by atoms with van der Waals surface area (Å²) in [5, 5.41) is 3.59. The maximum absolute atomic E-state index is 5.45. The molecule has 0 amide bonds. The van der Waals surface area contributed by atoms with Crippen LogP contribution in [0.2, 0.25) is 0 Å². The molecule has 17 heavy (non-hydrogen) atoms. The zero-order valence-corrected chi connectivity index (χ0v) is 11.5. The van der Waals surface area contributed by atoms with Crippen LogP contribution < -0.4 is 5.32 Å². The Morgan fingerprint density at radius 1 is 1.06 bits per heavy atom. The Morgan fingerprint density at radius 3 is 2.41 bits per heavy atom. The van der Waals surface area contributed by atoms with Gasteiger partial charge in [-0.25, -0.2) is 0 Å². The molecule has 3 nitrogen and oxygen atoms in total. The van der Waals surface area contributed by atoms with E-state index in [1.165, 1.54) is 38.5 Å². The molecule has 1 atom stereocenters. The maximum Gasteiger partial charge on any atom is 0.0700 e. The lowest BCUT2D eigenvalue weighted by atomic mass is 9.93. The monoisotopic (exact) mass is 243 g/mol. The molecule has 0 aromatic carbocycles. The molecule has 1 saturated carbocycles. The highest BCUT2D eigenvalue weighted by Gasteiger charge is 2.18. The quantitative estimate of drug-likeness (QED) is 0.525. The first-order chi connectivity index (χ1) is 8.34. The molecule has 1 N–H and O–H groups in total. The first-order valence-electron chi connectivity index (χ1n) is 7.14. The molecule has 3 heteroatoms. The third kappa shape index (κ3) is 7.02. The fourth-order valence-corrected chi connectivity index (χ4v) is 2.58. The van der Waals surface area contributed by atoms with Crippen molar-refractivity contribution in [3.63, 3.8) is 0 Å². The van der Waals surface area contributed by atoms with Crippen molar-refractivity contribution in [3.05, 3.63) is 0 Å². The molecule has 0 unspecified atom stereocenters. The van der Waals surface area contributed by atoms with Crippen molar-refractivity contribution in [1.82, 2.24) is 5.32 Å². The lowest BCUT2D eigenvalue weighted by Gasteiger charge is -2.23. The second kappa shape index (κ2) is 9.86. The van der Waals surface area contributed by atoms with Crippen molar-refractivity contribution in [2.24, 2.45) is 5.92 Å². The van der Waals surface area contributed by atoms with Gasteiger partial charge in [-0.15, -0.1) is 0 Å². The van der Waals surface area contributed by atoms with E-state index in [9.17, 15) is 0 Å². The largest absolute Gasteiger partial charge is 0.382 e. The zero-order valence-electron chi connectivity index (χ0n) is 11.5. The van der Waals surface area contributed by atoms with Crippen molar-refractivity contribution in [3.8, 4) is 0 Å². The summed E-state index contributed by atoms with van der Waals surface area (Å²) >= 11 is 0. The average Bonchev–Trinajstić information content (AvgIpc) is 2.62. The Morgan fingerprint density at radius 2 is 1.76 bits per heavy atom. The third-order valence-electron chi connectivity index (χ3n) is 3.75. The highest BCUT2D eigenvalue weighted by atomic mass is 16.5. The van der Waals surface area contributed by atoms with Crippen LogP contribution in [-0.2, 0) is 9.47 Å². The van der Waals surface area contributed by atoms with Crippen LogP contribution in [0.3, 0.4) is 0 Å². The predicted molar refractivity (Wildman–Crippen MR) is 71.4 cm³/mol. The standard InChI is InChI=1S/C14H29NO2/c1-13(14-7-5-3-4-6-8-14)15-9-10-17-12-11-16-2/h13-15H,3-12H2,1-2H3/t13-/m1/s1. The van der Waals surface area contributed by atoms with E-state index in [0.29, 0.717) is 19.3 Å². The Bertz CT molecular complexity index is 168. The van der Waals surface area contributed by atoms with Crippen LogP contribution in [-0.4, -0.2) is 39.5 Å². The van der Waals surface area contributed by atoms with Crippen LogP contribution in [0.5, 0.6) is 0 Å². The number of hydrogen-bond donors (Lipinski definition) is 1. The van der Waals surface area contributed by atoms with Gasteiger partial charge in [0.1, 0.15) is 0 Å². The van der Waals surface area contributed by atoms with Gasteiger partial charge in [0, 0.05) is 19.7 Å². The normalized spacial score (nSPS) is 20.1. The predicted octanol–water partition coefficient (Wildman–Crippen LogP) is 2.60. The molecular formula is C14H29NO2. The summed E-state index contributed by atoms with van der Waals surface area (Å²) in [6.07, 6.45) is 8.51. The van der Waals surface area contributed by atoms with Gasteiger partial charge in [0.05, 0.1) is 19.8 Å². The number of nitrogens with one attached hydrogen (secondary N) is 1. The lowest BCUT2D eigenvalue weighted by Crippen LogP contribution is -2.35. The molecule has 0 saturated heterocycles. The van der Waals surface area contributed by atoms with E-state index in [1.54, 1.807) is 7.11 Å². The van der Waals surface area contributed by atoms with E-state index in [4.69, 9.17) is 9.47 Å². The first kappa shape index (κ1) is 14.9. The molecule has 0 bridgehead atoms. The van der Waals surface area contributed by atoms with E-state index in [-0.39, 0.29) is 0 Å². The van der Waals surface area contributed by atoms with E-state index in [0.717, 1.165) is 19.1 Å². The Hall–Kier alpha value is -0.120. The minimum Gasteiger partial charge on any atom is -0.382 e. The summed E-state index contributed by atoms with van der Waals surface area (Å²) in [6, 6.07) is 0.638. The third-order valence-corrected chi connectivity index (χ3v) is 3.75. The van der Waals surface area contributed by atoms with Crippen LogP contribution in [0.25, 0.3) is 0 Å². The number of hydrogen-bond acceptors (Lipinski definition) is 3. The van der Waals surface area contributed by atoms with Crippen LogP contribution in [0, 0.1) is 5.92 Å². The summed E-state index contributed by atoms with van der Waals surface area (Å²) in [7, 11) is 1.70. The average molecular weight is 243 g/mol. The van der Waals surface area contributed by atoms with E-state index in [1.807, 2.05) is 0 Å². The lowest BCUT2D eigenvalue weighted by molar-refractivity contribution is 0.0703. The molecule has 0 aromatic rings. The highest BCUT2D eigenvalue weighted by molar-refractivity contribution is 4.74. The molecule has 1 rings (SSSR count). The van der Waals surface area contributed by atoms with E-state index < -0.39 is 0 Å². The van der Waals surface area contributed by atoms with Gasteiger partial charge in [0.2, 0.25) is 0 Å². The van der Waals surface area contributed by atoms with Gasteiger partial charge in [-0.3, -0.25) is 0 Å². The number of rotatable bonds is 8. The second-order valence-corrected chi connectivity index (χ2v) is 5.10. The van der Waals surface area contributed by atoms with Gasteiger partial charge < -0.3 is 14.8 Å². The van der Waals surface area contributed by atoms with Crippen LogP contribution in [0.1, 0.15) is 45.4 Å². The smallest absolute Gasteiger partial charge is 0.0700 e. The fourth-order valence-electron chi connectivity index (χ4n) is 2.58. The topological polar surface area (TPSA) is 30.5 Å². The molecule has 0 radical (unpaired) electrons. The van der Waals surface area contributed by atoms with Gasteiger partial charge in [0.25, 0.3) is 0 Å². The highest BCUT2D eigenvalue weighted by Crippen LogP contribution is 2.25. The second-order valence-electron chi connectivity index (χ2n) is 5.10. The van der Waals surface area contributed by atoms with E-state index >= 15 is 0 Å². The molecule has 102 valence electrons. The SMILES string of the molecule is COCCOCCN[C@H](C)C1CCCCCC1. The summed E-state index contributed by atoms with van der Waals surface area (Å²) in [4.78, 5) is 0. The van der Waals surface area contributed by atoms with Crippen LogP contribution >= 0.6 is 0 Å². The molecule has 0 heterocycles. The minimum atomic E-state index is 0.638. The molecule has 0 aromatic heterocycles. The maximum atomic E-state index is 5.45. The molecule has 0 aliphatic heterocycles. The Labute approximate surface area is 106 Å². The van der Waals surface area contributed by atoms with E-state index in [2.05, 4.69) is 12.2 Å². The van der Waals surface area contributed by atoms with Gasteiger partial charge >= 0.3 is 0 Å². The van der Waals surface area contributed by atoms with Crippen molar-refractivity contribution in [2.45, 2.75) is 51.5 Å². The number of ether oxygens (including phenoxy) is 2. The van der Waals surface area contributed by atoms with Crippen molar-refractivity contribution >= 4 is 0 Å². The summed E-state index contributed by atoms with van der Waals surface area (Å²) in [5.41, 5.74) is 0. The minimum absolute atomic E-state index is 0.638. The molecule has 0 spiro atoms. The molecule has 1 aliphatic rings. The molecule has 1 fully saturated rings. The Balaban J connectivity index is 2.01. The van der Waals surface area contributed by atoms with Gasteiger partial charge in [-0.2, -0.15) is 0 Å². The van der Waals surface area contributed by atoms with Crippen molar-refractivity contribution in [2.75, 3.05) is 33.5 Å². The van der Waals surface area contributed by atoms with Gasteiger partial charge in [-0.1, -0.05) is 25.7 Å². The number of methoxy groups -OCH3 is 1. The van der Waals surface area contributed by atoms with Crippen molar-refractivity contribution < 1.29 is 9.47 Å². The summed E-state index contributed by atoms with van der Waals surface area (Å²) in [5.74, 6) is 0.872. The van der Waals surface area contributed by atoms with Crippen LogP contribution in [0.15, 0.2) is 0 Å². The van der Waals surface area contributed by atoms with Gasteiger partial charge in [0.15, 0.2) is 0 Å². The molecule has 1 aliphatic carbocycles. The zero-order chi connectivity index (χ0) is 12.3. The Kier molecular flexibility index (Phi) is 8.67. The summed E-state index contributed by atoms with van der Waals surface area (Å²) < 4.78 is 10.4. The van der Waals surface area contributed by atoms with Crippen molar-refractivity contribution in [1.29, 1.82) is 0 Å².